The first-order chi connectivity index (χ1) is 11.8. The van der Waals surface area contributed by atoms with E-state index in [2.05, 4.69) is 64.7 Å². The number of nitrogens with one attached hydrogen (secondary N) is 1. The first-order valence-electron chi connectivity index (χ1n) is 8.57. The lowest BCUT2D eigenvalue weighted by molar-refractivity contribution is 0.440. The second kappa shape index (κ2) is 6.57. The zero-order valence-electron chi connectivity index (χ0n) is 13.9. The molecule has 0 atom stereocenters. The maximum atomic E-state index is 4.82. The number of hydrogen-bond donors (Lipinski definition) is 1. The van der Waals surface area contributed by atoms with Crippen LogP contribution in [0.2, 0.25) is 0 Å². The SMILES string of the molecule is CN(c1nccc(-c2ccc3ccccc3c2)n1)C1CCNCC1. The Morgan fingerprint density at radius 1 is 1.00 bits per heavy atom. The molecule has 1 N–H and O–H groups in total. The minimum absolute atomic E-state index is 0.512. The van der Waals surface area contributed by atoms with Gasteiger partial charge in [-0.15, -0.1) is 0 Å². The smallest absolute Gasteiger partial charge is 0.225 e. The van der Waals surface area contributed by atoms with E-state index in [0.717, 1.165) is 43.1 Å². The second-order valence-corrected chi connectivity index (χ2v) is 6.40. The molecule has 4 nitrogen and oxygen atoms in total. The van der Waals surface area contributed by atoms with Crippen molar-refractivity contribution in [3.8, 4) is 11.3 Å². The molecule has 4 rings (SSSR count). The summed E-state index contributed by atoms with van der Waals surface area (Å²) < 4.78 is 0. The number of benzene rings is 2. The Kier molecular flexibility index (Phi) is 4.13. The van der Waals surface area contributed by atoms with Crippen LogP contribution in [-0.4, -0.2) is 36.1 Å². The van der Waals surface area contributed by atoms with Gasteiger partial charge in [0.15, 0.2) is 0 Å². The average Bonchev–Trinajstić information content (AvgIpc) is 2.68. The summed E-state index contributed by atoms with van der Waals surface area (Å²) in [6, 6.07) is 17.4. The summed E-state index contributed by atoms with van der Waals surface area (Å²) in [6.45, 7) is 2.14. The van der Waals surface area contributed by atoms with Gasteiger partial charge in [0.1, 0.15) is 0 Å². The van der Waals surface area contributed by atoms with E-state index in [-0.39, 0.29) is 0 Å². The van der Waals surface area contributed by atoms with Crippen LogP contribution in [0.25, 0.3) is 22.0 Å². The molecule has 0 amide bonds. The normalized spacial score (nSPS) is 15.5. The van der Waals surface area contributed by atoms with Crippen LogP contribution >= 0.6 is 0 Å². The molecule has 1 aliphatic rings. The molecular weight excluding hydrogens is 296 g/mol. The zero-order valence-corrected chi connectivity index (χ0v) is 13.9. The fourth-order valence-corrected chi connectivity index (χ4v) is 3.39. The quantitative estimate of drug-likeness (QED) is 0.802. The molecule has 3 aromatic rings. The van der Waals surface area contributed by atoms with Crippen LogP contribution in [-0.2, 0) is 0 Å². The van der Waals surface area contributed by atoms with Gasteiger partial charge in [0.05, 0.1) is 5.69 Å². The summed E-state index contributed by atoms with van der Waals surface area (Å²) in [4.78, 5) is 11.5. The van der Waals surface area contributed by atoms with E-state index < -0.39 is 0 Å². The third-order valence-corrected chi connectivity index (χ3v) is 4.86. The lowest BCUT2D eigenvalue weighted by atomic mass is 10.0. The molecule has 2 aromatic carbocycles. The van der Waals surface area contributed by atoms with Crippen LogP contribution in [0.1, 0.15) is 12.8 Å². The minimum atomic E-state index is 0.512. The van der Waals surface area contributed by atoms with Gasteiger partial charge in [-0.3, -0.25) is 0 Å². The Morgan fingerprint density at radius 2 is 1.79 bits per heavy atom. The molecular formula is C20H22N4. The lowest BCUT2D eigenvalue weighted by Gasteiger charge is -2.31. The van der Waals surface area contributed by atoms with E-state index >= 15 is 0 Å². The van der Waals surface area contributed by atoms with Crippen molar-refractivity contribution in [2.75, 3.05) is 25.0 Å². The number of piperidine rings is 1. The van der Waals surface area contributed by atoms with Crippen molar-refractivity contribution >= 4 is 16.7 Å². The van der Waals surface area contributed by atoms with Gasteiger partial charge in [-0.25, -0.2) is 9.97 Å². The fraction of sp³-hybridized carbons (Fsp3) is 0.300. The summed E-state index contributed by atoms with van der Waals surface area (Å²) in [5.74, 6) is 0.813. The maximum absolute atomic E-state index is 4.82. The summed E-state index contributed by atoms with van der Waals surface area (Å²) >= 11 is 0. The third-order valence-electron chi connectivity index (χ3n) is 4.86. The molecule has 0 aliphatic carbocycles. The Labute approximate surface area is 142 Å². The highest BCUT2D eigenvalue weighted by atomic mass is 15.3. The first-order valence-corrected chi connectivity index (χ1v) is 8.57. The van der Waals surface area contributed by atoms with E-state index in [1.807, 2.05) is 12.3 Å². The molecule has 0 bridgehead atoms. The zero-order chi connectivity index (χ0) is 16.4. The molecule has 1 aromatic heterocycles. The van der Waals surface area contributed by atoms with Crippen molar-refractivity contribution in [3.63, 3.8) is 0 Å². The van der Waals surface area contributed by atoms with Gasteiger partial charge in [-0.1, -0.05) is 36.4 Å². The van der Waals surface area contributed by atoms with Crippen molar-refractivity contribution < 1.29 is 0 Å². The van der Waals surface area contributed by atoms with Crippen LogP contribution in [0.4, 0.5) is 5.95 Å². The van der Waals surface area contributed by atoms with Gasteiger partial charge < -0.3 is 10.2 Å². The van der Waals surface area contributed by atoms with Gasteiger partial charge in [-0.05, 0) is 48.8 Å². The topological polar surface area (TPSA) is 41.1 Å². The molecule has 0 saturated carbocycles. The molecule has 122 valence electrons. The highest BCUT2D eigenvalue weighted by Gasteiger charge is 2.20. The Bertz CT molecular complexity index is 840. The molecule has 1 fully saturated rings. The number of anilines is 1. The Hall–Kier alpha value is -2.46. The van der Waals surface area contributed by atoms with E-state index in [1.54, 1.807) is 0 Å². The van der Waals surface area contributed by atoms with Crippen molar-refractivity contribution in [2.24, 2.45) is 0 Å². The highest BCUT2D eigenvalue weighted by Crippen LogP contribution is 2.25. The van der Waals surface area contributed by atoms with Crippen LogP contribution < -0.4 is 10.2 Å². The second-order valence-electron chi connectivity index (χ2n) is 6.40. The summed E-state index contributed by atoms with van der Waals surface area (Å²) in [5.41, 5.74) is 2.11. The van der Waals surface area contributed by atoms with Gasteiger partial charge in [-0.2, -0.15) is 0 Å². The van der Waals surface area contributed by atoms with Gasteiger partial charge in [0.2, 0.25) is 5.95 Å². The Morgan fingerprint density at radius 3 is 2.62 bits per heavy atom. The van der Waals surface area contributed by atoms with Crippen molar-refractivity contribution in [2.45, 2.75) is 18.9 Å². The van der Waals surface area contributed by atoms with Crippen LogP contribution in [0.5, 0.6) is 0 Å². The van der Waals surface area contributed by atoms with E-state index in [4.69, 9.17) is 4.98 Å². The van der Waals surface area contributed by atoms with Crippen molar-refractivity contribution in [1.82, 2.24) is 15.3 Å². The monoisotopic (exact) mass is 318 g/mol. The van der Waals surface area contributed by atoms with Crippen LogP contribution in [0.3, 0.4) is 0 Å². The predicted molar refractivity (Wildman–Crippen MR) is 99.3 cm³/mol. The predicted octanol–water partition coefficient (Wildman–Crippen LogP) is 3.49. The molecule has 0 unspecified atom stereocenters. The van der Waals surface area contributed by atoms with E-state index in [0.29, 0.717) is 6.04 Å². The fourth-order valence-electron chi connectivity index (χ4n) is 3.39. The van der Waals surface area contributed by atoms with Gasteiger partial charge >= 0.3 is 0 Å². The molecule has 0 spiro atoms. The molecule has 2 heterocycles. The maximum Gasteiger partial charge on any atom is 0.225 e. The number of hydrogen-bond acceptors (Lipinski definition) is 4. The number of aromatic nitrogens is 2. The molecule has 1 aliphatic heterocycles. The van der Waals surface area contributed by atoms with Crippen LogP contribution in [0.15, 0.2) is 54.7 Å². The lowest BCUT2D eigenvalue weighted by Crippen LogP contribution is -2.41. The Balaban J connectivity index is 1.65. The number of fused-ring (bicyclic) bond motifs is 1. The molecule has 4 heteroatoms. The highest BCUT2D eigenvalue weighted by molar-refractivity contribution is 5.86. The van der Waals surface area contributed by atoms with E-state index in [9.17, 15) is 0 Å². The average molecular weight is 318 g/mol. The van der Waals surface area contributed by atoms with Crippen molar-refractivity contribution in [3.05, 3.63) is 54.7 Å². The third kappa shape index (κ3) is 2.97. The van der Waals surface area contributed by atoms with Gasteiger partial charge in [0.25, 0.3) is 0 Å². The summed E-state index contributed by atoms with van der Waals surface area (Å²) in [7, 11) is 2.11. The largest absolute Gasteiger partial charge is 0.341 e. The van der Waals surface area contributed by atoms with E-state index in [1.165, 1.54) is 10.8 Å². The first kappa shape index (κ1) is 15.1. The number of rotatable bonds is 3. The van der Waals surface area contributed by atoms with Crippen LogP contribution in [0, 0.1) is 0 Å². The van der Waals surface area contributed by atoms with Crippen molar-refractivity contribution in [1.29, 1.82) is 0 Å². The summed E-state index contributed by atoms with van der Waals surface area (Å²) in [5, 5.41) is 5.90. The molecule has 1 saturated heterocycles. The summed E-state index contributed by atoms with van der Waals surface area (Å²) in [6.07, 6.45) is 4.14. The van der Waals surface area contributed by atoms with Gasteiger partial charge in [0, 0.05) is 24.8 Å². The number of nitrogens with zero attached hydrogens (tertiary/aromatic N) is 3. The standard InChI is InChI=1S/C20H22N4/c1-24(18-8-11-21-12-9-18)20-22-13-10-19(23-20)17-7-6-15-4-2-3-5-16(15)14-17/h2-7,10,13-14,18,21H,8-9,11-12H2,1H3. The minimum Gasteiger partial charge on any atom is -0.341 e. The molecule has 0 radical (unpaired) electrons. The molecule has 24 heavy (non-hydrogen) atoms.